The predicted molar refractivity (Wildman–Crippen MR) is 80.0 cm³/mol. The number of benzene rings is 1. The number of nitrogens with zero attached hydrogens (tertiary/aromatic N) is 4. The van der Waals surface area contributed by atoms with Gasteiger partial charge < -0.3 is 4.42 Å². The Balaban J connectivity index is 2.13. The fraction of sp³-hybridized carbons (Fsp3) is 0.133. The Bertz CT molecular complexity index is 759. The molecule has 0 saturated heterocycles. The van der Waals surface area contributed by atoms with E-state index in [0.717, 1.165) is 5.69 Å². The third-order valence-electron chi connectivity index (χ3n) is 2.85. The largest absolute Gasteiger partial charge is 0.461 e. The van der Waals surface area contributed by atoms with Crippen LogP contribution in [-0.4, -0.2) is 20.0 Å². The van der Waals surface area contributed by atoms with Gasteiger partial charge in [-0.05, 0) is 31.2 Å². The van der Waals surface area contributed by atoms with E-state index in [4.69, 9.17) is 9.68 Å². The summed E-state index contributed by atoms with van der Waals surface area (Å²) in [6.45, 7) is 1.83. The molecule has 3 rings (SSSR count). The van der Waals surface area contributed by atoms with Gasteiger partial charge in [-0.15, -0.1) is 10.2 Å². The lowest BCUT2D eigenvalue weighted by atomic mass is 10.3. The number of hydrogen-bond acceptors (Lipinski definition) is 5. The number of rotatable bonds is 4. The highest BCUT2D eigenvalue weighted by molar-refractivity contribution is 8.00. The van der Waals surface area contributed by atoms with Crippen molar-refractivity contribution in [3.05, 3.63) is 48.7 Å². The average Bonchev–Trinajstić information content (AvgIpc) is 3.17. The van der Waals surface area contributed by atoms with E-state index < -0.39 is 0 Å². The SMILES string of the molecule is C[C@@H](C#N)Sc1nnc(-c2ccco2)n1-c1ccccc1. The second-order valence-corrected chi connectivity index (χ2v) is 5.65. The van der Waals surface area contributed by atoms with Gasteiger partial charge in [-0.2, -0.15) is 5.26 Å². The minimum absolute atomic E-state index is 0.207. The molecule has 0 fully saturated rings. The van der Waals surface area contributed by atoms with Gasteiger partial charge in [0.05, 0.1) is 17.6 Å². The molecule has 1 atom stereocenters. The Morgan fingerprint density at radius 3 is 2.67 bits per heavy atom. The molecule has 0 aliphatic rings. The first-order chi connectivity index (χ1) is 10.3. The number of furan rings is 1. The molecule has 2 heterocycles. The van der Waals surface area contributed by atoms with Crippen molar-refractivity contribution in [1.29, 1.82) is 5.26 Å². The van der Waals surface area contributed by atoms with Gasteiger partial charge in [-0.25, -0.2) is 0 Å². The zero-order valence-electron chi connectivity index (χ0n) is 11.3. The molecule has 6 heteroatoms. The van der Waals surface area contributed by atoms with Gasteiger partial charge in [0.25, 0.3) is 0 Å². The van der Waals surface area contributed by atoms with E-state index in [1.807, 2.05) is 54.0 Å². The first kappa shape index (κ1) is 13.5. The predicted octanol–water partition coefficient (Wildman–Crippen LogP) is 3.53. The molecule has 0 aliphatic heterocycles. The number of nitriles is 1. The summed E-state index contributed by atoms with van der Waals surface area (Å²) in [4.78, 5) is 0. The maximum absolute atomic E-state index is 9.00. The van der Waals surface area contributed by atoms with E-state index in [2.05, 4.69) is 16.3 Å². The number of para-hydroxylation sites is 1. The van der Waals surface area contributed by atoms with Crippen molar-refractivity contribution in [1.82, 2.24) is 14.8 Å². The summed E-state index contributed by atoms with van der Waals surface area (Å²) in [6.07, 6.45) is 1.60. The molecule has 104 valence electrons. The third kappa shape index (κ3) is 2.69. The Morgan fingerprint density at radius 2 is 2.00 bits per heavy atom. The Labute approximate surface area is 126 Å². The molecular formula is C15H12N4OS. The maximum atomic E-state index is 9.00. The van der Waals surface area contributed by atoms with Gasteiger partial charge in [0, 0.05) is 5.69 Å². The van der Waals surface area contributed by atoms with Crippen LogP contribution in [0, 0.1) is 11.3 Å². The van der Waals surface area contributed by atoms with E-state index in [9.17, 15) is 0 Å². The van der Waals surface area contributed by atoms with Crippen LogP contribution in [-0.2, 0) is 0 Å². The quantitative estimate of drug-likeness (QED) is 0.689. The lowest BCUT2D eigenvalue weighted by molar-refractivity contribution is 0.575. The molecule has 2 aromatic heterocycles. The number of aromatic nitrogens is 3. The van der Waals surface area contributed by atoms with Crippen LogP contribution >= 0.6 is 11.8 Å². The normalized spacial score (nSPS) is 12.0. The van der Waals surface area contributed by atoms with Gasteiger partial charge in [-0.1, -0.05) is 30.0 Å². The second-order valence-electron chi connectivity index (χ2n) is 4.34. The monoisotopic (exact) mass is 296 g/mol. The molecule has 0 aliphatic carbocycles. The van der Waals surface area contributed by atoms with Gasteiger partial charge in [0.15, 0.2) is 10.9 Å². The van der Waals surface area contributed by atoms with Crippen LogP contribution in [0.1, 0.15) is 6.92 Å². The summed E-state index contributed by atoms with van der Waals surface area (Å²) in [5, 5.41) is 17.9. The summed E-state index contributed by atoms with van der Waals surface area (Å²) < 4.78 is 7.33. The lowest BCUT2D eigenvalue weighted by Gasteiger charge is -2.09. The topological polar surface area (TPSA) is 67.6 Å². The molecule has 0 unspecified atom stereocenters. The zero-order chi connectivity index (χ0) is 14.7. The van der Waals surface area contributed by atoms with Gasteiger partial charge in [0.1, 0.15) is 0 Å². The molecule has 3 aromatic rings. The van der Waals surface area contributed by atoms with E-state index in [0.29, 0.717) is 16.7 Å². The third-order valence-corrected chi connectivity index (χ3v) is 3.79. The summed E-state index contributed by atoms with van der Waals surface area (Å²) in [6, 6.07) is 15.6. The van der Waals surface area contributed by atoms with Crippen molar-refractivity contribution in [3.63, 3.8) is 0 Å². The molecule has 0 radical (unpaired) electrons. The summed E-state index contributed by atoms with van der Waals surface area (Å²) in [5.74, 6) is 1.27. The van der Waals surface area contributed by atoms with Crippen LogP contribution in [0.4, 0.5) is 0 Å². The minimum Gasteiger partial charge on any atom is -0.461 e. The van der Waals surface area contributed by atoms with Crippen molar-refractivity contribution in [2.75, 3.05) is 0 Å². The van der Waals surface area contributed by atoms with Crippen LogP contribution in [0.2, 0.25) is 0 Å². The smallest absolute Gasteiger partial charge is 0.205 e. The van der Waals surface area contributed by atoms with Crippen LogP contribution in [0.3, 0.4) is 0 Å². The molecule has 0 spiro atoms. The first-order valence-corrected chi connectivity index (χ1v) is 7.28. The highest BCUT2D eigenvalue weighted by atomic mass is 32.2. The average molecular weight is 296 g/mol. The van der Waals surface area contributed by atoms with E-state index in [1.54, 1.807) is 6.26 Å². The van der Waals surface area contributed by atoms with Crippen molar-refractivity contribution in [2.24, 2.45) is 0 Å². The molecule has 0 bridgehead atoms. The summed E-state index contributed by atoms with van der Waals surface area (Å²) in [5.41, 5.74) is 0.932. The molecular weight excluding hydrogens is 284 g/mol. The molecule has 0 saturated carbocycles. The molecule has 1 aromatic carbocycles. The zero-order valence-corrected chi connectivity index (χ0v) is 12.1. The van der Waals surface area contributed by atoms with Crippen LogP contribution in [0.5, 0.6) is 0 Å². The van der Waals surface area contributed by atoms with Crippen LogP contribution < -0.4 is 0 Å². The van der Waals surface area contributed by atoms with Crippen LogP contribution in [0.15, 0.2) is 58.3 Å². The summed E-state index contributed by atoms with van der Waals surface area (Å²) in [7, 11) is 0. The van der Waals surface area contributed by atoms with Crippen molar-refractivity contribution in [3.8, 4) is 23.3 Å². The van der Waals surface area contributed by atoms with Crippen molar-refractivity contribution in [2.45, 2.75) is 17.3 Å². The molecule has 0 amide bonds. The van der Waals surface area contributed by atoms with Crippen LogP contribution in [0.25, 0.3) is 17.3 Å². The highest BCUT2D eigenvalue weighted by Crippen LogP contribution is 2.29. The highest BCUT2D eigenvalue weighted by Gasteiger charge is 2.19. The molecule has 21 heavy (non-hydrogen) atoms. The standard InChI is InChI=1S/C15H12N4OS/c1-11(10-16)21-15-18-17-14(13-8-5-9-20-13)19(15)12-6-3-2-4-7-12/h2-9,11H,1H3/t11-/m0/s1. The van der Waals surface area contributed by atoms with Gasteiger partial charge in [-0.3, -0.25) is 4.57 Å². The fourth-order valence-electron chi connectivity index (χ4n) is 1.91. The second kappa shape index (κ2) is 5.85. The molecule has 0 N–H and O–H groups in total. The van der Waals surface area contributed by atoms with Crippen molar-refractivity contribution < 1.29 is 4.42 Å². The minimum atomic E-state index is -0.207. The maximum Gasteiger partial charge on any atom is 0.205 e. The van der Waals surface area contributed by atoms with Gasteiger partial charge in [0.2, 0.25) is 5.82 Å². The molecule has 5 nitrogen and oxygen atoms in total. The van der Waals surface area contributed by atoms with Crippen molar-refractivity contribution >= 4 is 11.8 Å². The van der Waals surface area contributed by atoms with E-state index >= 15 is 0 Å². The summed E-state index contributed by atoms with van der Waals surface area (Å²) >= 11 is 1.37. The number of thioether (sulfide) groups is 1. The van der Waals surface area contributed by atoms with E-state index in [1.165, 1.54) is 11.8 Å². The first-order valence-electron chi connectivity index (χ1n) is 6.40. The Morgan fingerprint density at radius 1 is 1.19 bits per heavy atom. The fourth-order valence-corrected chi connectivity index (χ4v) is 2.66. The number of hydrogen-bond donors (Lipinski definition) is 0. The van der Waals surface area contributed by atoms with E-state index in [-0.39, 0.29) is 5.25 Å². The lowest BCUT2D eigenvalue weighted by Crippen LogP contribution is -2.01. The Hall–Kier alpha value is -2.52. The Kier molecular flexibility index (Phi) is 3.75. The van der Waals surface area contributed by atoms with Gasteiger partial charge >= 0.3 is 0 Å².